The third-order valence-electron chi connectivity index (χ3n) is 4.39. The van der Waals surface area contributed by atoms with Crippen LogP contribution < -0.4 is 10.1 Å². The molecule has 4 aromatic rings. The second kappa shape index (κ2) is 9.95. The Labute approximate surface area is 207 Å². The molecule has 0 fully saturated rings. The van der Waals surface area contributed by atoms with Crippen LogP contribution in [0.5, 0.6) is 5.75 Å². The van der Waals surface area contributed by atoms with Crippen molar-refractivity contribution in [3.05, 3.63) is 91.9 Å². The van der Waals surface area contributed by atoms with Crippen molar-refractivity contribution in [2.24, 2.45) is 0 Å². The predicted octanol–water partition coefficient (Wildman–Crippen LogP) is 6.14. The summed E-state index contributed by atoms with van der Waals surface area (Å²) in [6.45, 7) is 0.476. The molecule has 1 N–H and O–H groups in total. The molecule has 0 unspecified atom stereocenters. The largest absolute Gasteiger partial charge is 0.470 e. The maximum atomic E-state index is 12.5. The van der Waals surface area contributed by atoms with Crippen molar-refractivity contribution in [2.45, 2.75) is 13.3 Å². The minimum Gasteiger partial charge on any atom is -0.470 e. The number of nitrogens with one attached hydrogen (secondary N) is 1. The minimum absolute atomic E-state index is 0.102. The smallest absolute Gasteiger partial charge is 0.276 e. The first-order valence-electron chi connectivity index (χ1n) is 9.27. The second-order valence-electron chi connectivity index (χ2n) is 6.67. The number of aromatic nitrogens is 4. The average molecular weight is 556 g/mol. The van der Waals surface area contributed by atoms with Crippen LogP contribution in [0.15, 0.2) is 65.5 Å². The normalized spacial score (nSPS) is 10.9. The molecule has 4 rings (SSSR count). The van der Waals surface area contributed by atoms with Gasteiger partial charge >= 0.3 is 0 Å². The fourth-order valence-electron chi connectivity index (χ4n) is 2.84. The van der Waals surface area contributed by atoms with E-state index in [0.29, 0.717) is 33.0 Å². The van der Waals surface area contributed by atoms with Crippen LogP contribution in [-0.2, 0) is 13.3 Å². The number of benzene rings is 2. The Morgan fingerprint density at radius 3 is 2.59 bits per heavy atom. The fourth-order valence-corrected chi connectivity index (χ4v) is 4.08. The highest BCUT2D eigenvalue weighted by molar-refractivity contribution is 9.10. The average Bonchev–Trinajstić information content (AvgIpc) is 3.40. The molecule has 0 bridgehead atoms. The lowest BCUT2D eigenvalue weighted by Crippen LogP contribution is -2.14. The van der Waals surface area contributed by atoms with Crippen molar-refractivity contribution in [1.29, 1.82) is 0 Å². The van der Waals surface area contributed by atoms with Gasteiger partial charge in [0.1, 0.15) is 5.75 Å². The van der Waals surface area contributed by atoms with Crippen molar-refractivity contribution in [3.8, 4) is 5.75 Å². The highest BCUT2D eigenvalue weighted by atomic mass is 79.9. The van der Waals surface area contributed by atoms with Crippen molar-refractivity contribution in [2.75, 3.05) is 5.32 Å². The van der Waals surface area contributed by atoms with Crippen molar-refractivity contribution >= 4 is 62.3 Å². The van der Waals surface area contributed by atoms with Gasteiger partial charge < -0.3 is 10.1 Å². The number of carbonyl (C=O) groups excluding carboxylic acids is 1. The molecule has 0 aliphatic heterocycles. The summed E-state index contributed by atoms with van der Waals surface area (Å²) >= 11 is 21.9. The van der Waals surface area contributed by atoms with E-state index in [0.717, 1.165) is 10.0 Å². The third kappa shape index (κ3) is 5.45. The molecule has 0 aliphatic carbocycles. The Morgan fingerprint density at radius 1 is 1.06 bits per heavy atom. The highest BCUT2D eigenvalue weighted by Crippen LogP contribution is 2.28. The van der Waals surface area contributed by atoms with Gasteiger partial charge in [-0.2, -0.15) is 10.2 Å². The van der Waals surface area contributed by atoms with Crippen LogP contribution in [0, 0.1) is 0 Å². The maximum Gasteiger partial charge on any atom is 0.276 e. The first-order valence-corrected chi connectivity index (χ1v) is 11.2. The highest BCUT2D eigenvalue weighted by Gasteiger charge is 2.13. The summed E-state index contributed by atoms with van der Waals surface area (Å²) in [5.74, 6) is 0.142. The molecule has 0 radical (unpaired) electrons. The Bertz CT molecular complexity index is 1250. The van der Waals surface area contributed by atoms with E-state index in [9.17, 15) is 4.79 Å². The monoisotopic (exact) mass is 553 g/mol. The lowest BCUT2D eigenvalue weighted by Gasteiger charge is -2.08. The molecule has 11 heteroatoms. The molecule has 2 aromatic carbocycles. The van der Waals surface area contributed by atoms with Gasteiger partial charge in [-0.05, 0) is 36.4 Å². The van der Waals surface area contributed by atoms with E-state index in [-0.39, 0.29) is 18.3 Å². The zero-order valence-electron chi connectivity index (χ0n) is 16.3. The van der Waals surface area contributed by atoms with Gasteiger partial charge in [0.05, 0.1) is 23.5 Å². The van der Waals surface area contributed by atoms with Gasteiger partial charge in [0, 0.05) is 32.5 Å². The Hall–Kier alpha value is -2.52. The molecule has 0 atom stereocenters. The number of rotatable bonds is 7. The number of anilines is 1. The van der Waals surface area contributed by atoms with Crippen molar-refractivity contribution in [3.63, 3.8) is 0 Å². The first kappa shape index (κ1) is 22.7. The number of hydrogen-bond acceptors (Lipinski definition) is 4. The van der Waals surface area contributed by atoms with E-state index in [1.807, 2.05) is 6.07 Å². The summed E-state index contributed by atoms with van der Waals surface area (Å²) < 4.78 is 9.63. The van der Waals surface area contributed by atoms with Crippen molar-refractivity contribution < 1.29 is 9.53 Å². The standard InChI is InChI=1S/C21H15BrCl3N5O2/c22-13-4-5-20(18(25)8-13)32-12-29-7-6-19(28-29)21(31)27-14-9-26-30(10-14)11-15-16(23)2-1-3-17(15)24/h1-10H,11-12H2,(H,27,31). The molecular formula is C21H15BrCl3N5O2. The summed E-state index contributed by atoms with van der Waals surface area (Å²) in [7, 11) is 0. The zero-order chi connectivity index (χ0) is 22.7. The van der Waals surface area contributed by atoms with E-state index < -0.39 is 0 Å². The van der Waals surface area contributed by atoms with Gasteiger partial charge in [-0.1, -0.05) is 56.8 Å². The molecule has 0 spiro atoms. The molecular weight excluding hydrogens is 541 g/mol. The number of ether oxygens (including phenoxy) is 1. The minimum atomic E-state index is -0.374. The third-order valence-corrected chi connectivity index (χ3v) is 5.89. The molecule has 2 aromatic heterocycles. The molecule has 0 saturated heterocycles. The molecule has 164 valence electrons. The van der Waals surface area contributed by atoms with Gasteiger partial charge in [0.15, 0.2) is 12.4 Å². The number of amides is 1. The Kier molecular flexibility index (Phi) is 7.05. The fraction of sp³-hybridized carbons (Fsp3) is 0.0952. The van der Waals surface area contributed by atoms with Crippen LogP contribution >= 0.6 is 50.7 Å². The summed E-state index contributed by atoms with van der Waals surface area (Å²) in [4.78, 5) is 12.5. The molecule has 0 aliphatic rings. The van der Waals surface area contributed by atoms with E-state index in [1.54, 1.807) is 53.5 Å². The molecule has 32 heavy (non-hydrogen) atoms. The van der Waals surface area contributed by atoms with Crippen LogP contribution in [-0.4, -0.2) is 25.5 Å². The zero-order valence-corrected chi connectivity index (χ0v) is 20.2. The second-order valence-corrected chi connectivity index (χ2v) is 8.81. The van der Waals surface area contributed by atoms with Crippen LogP contribution in [0.2, 0.25) is 15.1 Å². The number of nitrogens with zero attached hydrogens (tertiary/aromatic N) is 4. The van der Waals surface area contributed by atoms with Gasteiger partial charge in [-0.3, -0.25) is 9.48 Å². The van der Waals surface area contributed by atoms with Gasteiger partial charge in [-0.15, -0.1) is 0 Å². The lowest BCUT2D eigenvalue weighted by atomic mass is 10.2. The Morgan fingerprint density at radius 2 is 1.84 bits per heavy atom. The lowest BCUT2D eigenvalue weighted by molar-refractivity contribution is 0.102. The van der Waals surface area contributed by atoms with Crippen molar-refractivity contribution in [1.82, 2.24) is 19.6 Å². The topological polar surface area (TPSA) is 74.0 Å². The molecule has 7 nitrogen and oxygen atoms in total. The summed E-state index contributed by atoms with van der Waals surface area (Å²) in [5.41, 5.74) is 1.50. The van der Waals surface area contributed by atoms with E-state index in [1.165, 1.54) is 10.9 Å². The van der Waals surface area contributed by atoms with Crippen LogP contribution in [0.25, 0.3) is 0 Å². The number of halogens is 4. The molecule has 1 amide bonds. The first-order chi connectivity index (χ1) is 15.4. The summed E-state index contributed by atoms with van der Waals surface area (Å²) in [6, 6.07) is 12.2. The molecule has 0 saturated carbocycles. The van der Waals surface area contributed by atoms with Crippen LogP contribution in [0.4, 0.5) is 5.69 Å². The van der Waals surface area contributed by atoms with Gasteiger partial charge in [0.2, 0.25) is 0 Å². The molecule has 2 heterocycles. The van der Waals surface area contributed by atoms with Gasteiger partial charge in [-0.25, -0.2) is 4.68 Å². The van der Waals surface area contributed by atoms with E-state index in [2.05, 4.69) is 31.4 Å². The van der Waals surface area contributed by atoms with E-state index in [4.69, 9.17) is 39.5 Å². The summed E-state index contributed by atoms with van der Waals surface area (Å²) in [5, 5.41) is 12.8. The quantitative estimate of drug-likeness (QED) is 0.297. The van der Waals surface area contributed by atoms with E-state index >= 15 is 0 Å². The summed E-state index contributed by atoms with van der Waals surface area (Å²) in [6.07, 6.45) is 4.87. The number of hydrogen-bond donors (Lipinski definition) is 1. The SMILES string of the molecule is O=C(Nc1cnn(Cc2c(Cl)cccc2Cl)c1)c1ccn(COc2ccc(Br)cc2Cl)n1. The van der Waals surface area contributed by atoms with Gasteiger partial charge in [0.25, 0.3) is 5.91 Å². The number of carbonyl (C=O) groups is 1. The Balaban J connectivity index is 1.36. The van der Waals surface area contributed by atoms with Crippen LogP contribution in [0.3, 0.4) is 0 Å². The predicted molar refractivity (Wildman–Crippen MR) is 128 cm³/mol. The maximum absolute atomic E-state index is 12.5. The van der Waals surface area contributed by atoms with Crippen LogP contribution in [0.1, 0.15) is 16.1 Å².